The predicted octanol–water partition coefficient (Wildman–Crippen LogP) is -2.54. The van der Waals surface area contributed by atoms with Crippen molar-refractivity contribution in [3.8, 4) is 0 Å². The maximum absolute atomic E-state index is 8.77. The van der Waals surface area contributed by atoms with E-state index < -0.39 is 31.5 Å². The Hall–Kier alpha value is -0.240. The number of hydrogen-bond donors (Lipinski definition) is 5. The van der Waals surface area contributed by atoms with Gasteiger partial charge in [-0.2, -0.15) is 0 Å². The molecule has 0 spiro atoms. The first-order valence-electron chi connectivity index (χ1n) is 4.40. The summed E-state index contributed by atoms with van der Waals surface area (Å²) in [7, 11) is 0. The zero-order valence-electron chi connectivity index (χ0n) is 8.08. The van der Waals surface area contributed by atoms with Gasteiger partial charge in [0.25, 0.3) is 0 Å². The lowest BCUT2D eigenvalue weighted by molar-refractivity contribution is -0.0900. The molecule has 0 aromatic carbocycles. The molecule has 1 aliphatic rings. The first kappa shape index (κ1) is 13.8. The summed E-state index contributed by atoms with van der Waals surface area (Å²) in [5, 5.41) is 42.6. The largest absolute Gasteiger partial charge is 0.394 e. The van der Waals surface area contributed by atoms with Crippen LogP contribution in [0.3, 0.4) is 0 Å². The van der Waals surface area contributed by atoms with Crippen LogP contribution in [0.25, 0.3) is 0 Å². The maximum atomic E-state index is 8.77. The second-order valence-corrected chi connectivity index (χ2v) is 3.13. The lowest BCUT2D eigenvalue weighted by Crippen LogP contribution is -2.41. The summed E-state index contributed by atoms with van der Waals surface area (Å²) in [6.07, 6.45) is -3.71. The van der Waals surface area contributed by atoms with Crippen LogP contribution in [0.2, 0.25) is 0 Å². The molecule has 0 saturated carbocycles. The highest BCUT2D eigenvalue weighted by atomic mass is 16.6. The molecule has 1 fully saturated rings. The van der Waals surface area contributed by atoms with E-state index in [1.165, 1.54) is 0 Å². The van der Waals surface area contributed by atoms with Crippen LogP contribution >= 0.6 is 0 Å². The van der Waals surface area contributed by atoms with Gasteiger partial charge in [-0.15, -0.1) is 0 Å². The first-order valence-corrected chi connectivity index (χ1v) is 4.40. The van der Waals surface area contributed by atoms with E-state index in [9.17, 15) is 0 Å². The summed E-state index contributed by atoms with van der Waals surface area (Å²) < 4.78 is 4.71. The molecule has 0 bridgehead atoms. The third-order valence-corrected chi connectivity index (χ3v) is 1.66. The molecule has 0 radical (unpaired) electrons. The highest BCUT2D eigenvalue weighted by Crippen LogP contribution is 2.04. The molecule has 1 heterocycles. The van der Waals surface area contributed by atoms with E-state index in [0.717, 1.165) is 6.61 Å². The monoisotopic (exact) mass is 210 g/mol. The van der Waals surface area contributed by atoms with E-state index in [0.29, 0.717) is 6.10 Å². The summed E-state index contributed by atoms with van der Waals surface area (Å²) in [4.78, 5) is 0. The second kappa shape index (κ2) is 7.10. The van der Waals surface area contributed by atoms with Crippen molar-refractivity contribution < 1.29 is 30.3 Å². The van der Waals surface area contributed by atoms with Crippen molar-refractivity contribution in [2.45, 2.75) is 31.3 Å². The van der Waals surface area contributed by atoms with Crippen LogP contribution in [0.5, 0.6) is 0 Å². The summed E-state index contributed by atoms with van der Waals surface area (Å²) in [6.45, 7) is 1.76. The Bertz CT molecular complexity index is 128. The quantitative estimate of drug-likeness (QED) is 0.327. The van der Waals surface area contributed by atoms with Crippen LogP contribution in [0.4, 0.5) is 0 Å². The van der Waals surface area contributed by atoms with Gasteiger partial charge in [0.1, 0.15) is 18.3 Å². The minimum atomic E-state index is -1.49. The van der Waals surface area contributed by atoms with E-state index >= 15 is 0 Å². The zero-order valence-corrected chi connectivity index (χ0v) is 8.08. The van der Waals surface area contributed by atoms with Gasteiger partial charge in [-0.25, -0.2) is 0 Å². The summed E-state index contributed by atoms with van der Waals surface area (Å²) in [5.41, 5.74) is 0. The average molecular weight is 210 g/mol. The predicted molar refractivity (Wildman–Crippen MR) is 47.6 cm³/mol. The van der Waals surface area contributed by atoms with E-state index in [4.69, 9.17) is 30.3 Å². The smallest absolute Gasteiger partial charge is 0.110 e. The Morgan fingerprint density at radius 2 is 1.43 bits per heavy atom. The molecule has 1 rings (SSSR count). The van der Waals surface area contributed by atoms with Crippen LogP contribution in [-0.4, -0.2) is 69.8 Å². The molecule has 6 heteroatoms. The number of aliphatic hydroxyl groups is 5. The van der Waals surface area contributed by atoms with Gasteiger partial charge >= 0.3 is 0 Å². The molecule has 5 N–H and O–H groups in total. The van der Waals surface area contributed by atoms with E-state index in [1.54, 1.807) is 0 Å². The third-order valence-electron chi connectivity index (χ3n) is 1.66. The van der Waals surface area contributed by atoms with Gasteiger partial charge in [-0.3, -0.25) is 0 Å². The molecular formula is C8H18O6. The number of rotatable bonds is 4. The fourth-order valence-electron chi connectivity index (χ4n) is 0.569. The van der Waals surface area contributed by atoms with Crippen molar-refractivity contribution in [2.75, 3.05) is 19.8 Å². The average Bonchev–Trinajstić information content (AvgIpc) is 2.97. The molecule has 0 aromatic rings. The van der Waals surface area contributed by atoms with Gasteiger partial charge in [0, 0.05) is 0 Å². The van der Waals surface area contributed by atoms with Crippen molar-refractivity contribution in [1.82, 2.24) is 0 Å². The summed E-state index contributed by atoms with van der Waals surface area (Å²) in [6, 6.07) is 0. The molecule has 0 aromatic heterocycles. The minimum Gasteiger partial charge on any atom is -0.394 e. The molecular weight excluding hydrogens is 192 g/mol. The van der Waals surface area contributed by atoms with Crippen LogP contribution in [0.15, 0.2) is 0 Å². The fourth-order valence-corrected chi connectivity index (χ4v) is 0.569. The molecule has 1 saturated heterocycles. The van der Waals surface area contributed by atoms with Crippen molar-refractivity contribution in [2.24, 2.45) is 0 Å². The van der Waals surface area contributed by atoms with Gasteiger partial charge in [-0.1, -0.05) is 0 Å². The van der Waals surface area contributed by atoms with Crippen LogP contribution in [0.1, 0.15) is 6.92 Å². The normalized spacial score (nSPS) is 25.7. The van der Waals surface area contributed by atoms with Crippen molar-refractivity contribution in [1.29, 1.82) is 0 Å². The number of epoxide rings is 1. The Kier molecular flexibility index (Phi) is 6.98. The van der Waals surface area contributed by atoms with Gasteiger partial charge in [0.05, 0.1) is 25.9 Å². The maximum Gasteiger partial charge on any atom is 0.110 e. The zero-order chi connectivity index (χ0) is 11.1. The fraction of sp³-hybridized carbons (Fsp3) is 1.00. The molecule has 14 heavy (non-hydrogen) atoms. The van der Waals surface area contributed by atoms with Crippen molar-refractivity contribution in [3.05, 3.63) is 0 Å². The Labute approximate surface area is 82.4 Å². The first-order chi connectivity index (χ1) is 6.52. The lowest BCUT2D eigenvalue weighted by atomic mass is 10.1. The Morgan fingerprint density at radius 1 is 1.14 bits per heavy atom. The molecule has 6 nitrogen and oxygen atoms in total. The van der Waals surface area contributed by atoms with E-state index in [-0.39, 0.29) is 0 Å². The third kappa shape index (κ3) is 6.25. The van der Waals surface area contributed by atoms with Crippen molar-refractivity contribution >= 4 is 0 Å². The van der Waals surface area contributed by atoms with Gasteiger partial charge in [-0.05, 0) is 6.92 Å². The topological polar surface area (TPSA) is 114 Å². The SMILES string of the molecule is CC1CO1.OC[C@@H](O)[C@H](O)[C@@H](O)CO. The van der Waals surface area contributed by atoms with Gasteiger partial charge < -0.3 is 30.3 Å². The molecule has 4 atom stereocenters. The number of ether oxygens (including phenoxy) is 1. The van der Waals surface area contributed by atoms with Crippen LogP contribution in [-0.2, 0) is 4.74 Å². The highest BCUT2D eigenvalue weighted by Gasteiger charge is 2.22. The number of aliphatic hydroxyl groups excluding tert-OH is 5. The Balaban J connectivity index is 0.000000344. The molecule has 0 aliphatic carbocycles. The van der Waals surface area contributed by atoms with Crippen LogP contribution < -0.4 is 0 Å². The second-order valence-electron chi connectivity index (χ2n) is 3.13. The standard InChI is InChI=1S/C5H12O5.C3H6O/c6-1-3(8)5(10)4(9)2-7;1-3-2-4-3/h3-10H,1-2H2;3H,2H2,1H3/t3-,4+,5+;. The summed E-state index contributed by atoms with van der Waals surface area (Å²) in [5.74, 6) is 0. The van der Waals surface area contributed by atoms with Gasteiger partial charge in [0.2, 0.25) is 0 Å². The minimum absolute atomic E-state index is 0.583. The molecule has 1 unspecified atom stereocenters. The molecule has 1 aliphatic heterocycles. The summed E-state index contributed by atoms with van der Waals surface area (Å²) >= 11 is 0. The van der Waals surface area contributed by atoms with Crippen molar-refractivity contribution in [3.63, 3.8) is 0 Å². The highest BCUT2D eigenvalue weighted by molar-refractivity contribution is 4.73. The van der Waals surface area contributed by atoms with Crippen LogP contribution in [0, 0.1) is 0 Å². The Morgan fingerprint density at radius 3 is 1.57 bits per heavy atom. The molecule has 0 amide bonds. The van der Waals surface area contributed by atoms with E-state index in [2.05, 4.69) is 6.92 Å². The number of hydrogen-bond acceptors (Lipinski definition) is 6. The van der Waals surface area contributed by atoms with Gasteiger partial charge in [0.15, 0.2) is 0 Å². The molecule has 86 valence electrons. The van der Waals surface area contributed by atoms with E-state index in [1.807, 2.05) is 0 Å². The lowest BCUT2D eigenvalue weighted by Gasteiger charge is -2.19.